The van der Waals surface area contributed by atoms with E-state index in [1.807, 2.05) is 77.6 Å². The Kier molecular flexibility index (Phi) is 5.71. The SMILES string of the molecule is O=C(NCCCn1ncc2ccccc21)c1c(-c2ccc3[nH]ncc3c2)nnn1Cc1ccccc1. The van der Waals surface area contributed by atoms with Crippen LogP contribution in [0.25, 0.3) is 33.1 Å². The third kappa shape index (κ3) is 4.22. The van der Waals surface area contributed by atoms with Crippen LogP contribution in [-0.4, -0.2) is 47.4 Å². The summed E-state index contributed by atoms with van der Waals surface area (Å²) in [6.07, 6.45) is 4.37. The number of aryl methyl sites for hydroxylation is 1. The van der Waals surface area contributed by atoms with Crippen LogP contribution < -0.4 is 5.32 Å². The van der Waals surface area contributed by atoms with Gasteiger partial charge in [0, 0.05) is 29.4 Å². The van der Waals surface area contributed by atoms with Gasteiger partial charge in [0.2, 0.25) is 0 Å². The number of aromatic nitrogens is 7. The van der Waals surface area contributed by atoms with Gasteiger partial charge in [-0.15, -0.1) is 5.10 Å². The molecule has 0 aliphatic rings. The van der Waals surface area contributed by atoms with Gasteiger partial charge < -0.3 is 5.32 Å². The highest BCUT2D eigenvalue weighted by Gasteiger charge is 2.22. The molecule has 0 radical (unpaired) electrons. The molecule has 0 atom stereocenters. The average Bonchev–Trinajstić information content (AvgIpc) is 3.65. The highest BCUT2D eigenvalue weighted by atomic mass is 16.2. The number of fused-ring (bicyclic) bond motifs is 2. The van der Waals surface area contributed by atoms with E-state index in [9.17, 15) is 4.79 Å². The normalized spacial score (nSPS) is 11.3. The van der Waals surface area contributed by atoms with Gasteiger partial charge in [-0.1, -0.05) is 59.8 Å². The zero-order valence-electron chi connectivity index (χ0n) is 19.5. The van der Waals surface area contributed by atoms with Crippen LogP contribution >= 0.6 is 0 Å². The summed E-state index contributed by atoms with van der Waals surface area (Å²) in [5, 5.41) is 25.4. The predicted octanol–water partition coefficient (Wildman–Crippen LogP) is 4.04. The fraction of sp³-hybridized carbons (Fsp3) is 0.148. The Morgan fingerprint density at radius 3 is 2.69 bits per heavy atom. The number of hydrogen-bond acceptors (Lipinski definition) is 5. The van der Waals surface area contributed by atoms with Crippen molar-refractivity contribution in [3.8, 4) is 11.3 Å². The lowest BCUT2D eigenvalue weighted by Crippen LogP contribution is -2.28. The number of nitrogens with one attached hydrogen (secondary N) is 2. The summed E-state index contributed by atoms with van der Waals surface area (Å²) in [5.41, 5.74) is 4.85. The van der Waals surface area contributed by atoms with Gasteiger partial charge in [0.1, 0.15) is 5.69 Å². The van der Waals surface area contributed by atoms with Crippen molar-refractivity contribution < 1.29 is 4.79 Å². The summed E-state index contributed by atoms with van der Waals surface area (Å²) in [6.45, 7) is 1.66. The number of hydrogen-bond donors (Lipinski definition) is 2. The van der Waals surface area contributed by atoms with Crippen LogP contribution in [0.1, 0.15) is 22.5 Å². The minimum atomic E-state index is -0.205. The number of nitrogens with zero attached hydrogens (tertiary/aromatic N) is 6. The topological polar surface area (TPSA) is 106 Å². The highest BCUT2D eigenvalue weighted by Crippen LogP contribution is 2.25. The Balaban J connectivity index is 1.23. The number of H-pyrrole nitrogens is 1. The van der Waals surface area contributed by atoms with Crippen molar-refractivity contribution in [1.82, 2.24) is 40.3 Å². The third-order valence-corrected chi connectivity index (χ3v) is 6.22. The Labute approximate surface area is 206 Å². The van der Waals surface area contributed by atoms with E-state index in [1.165, 1.54) is 0 Å². The molecule has 0 saturated heterocycles. The molecule has 0 fully saturated rings. The van der Waals surface area contributed by atoms with E-state index in [2.05, 4.69) is 37.0 Å². The van der Waals surface area contributed by atoms with Gasteiger partial charge in [-0.25, -0.2) is 4.68 Å². The lowest BCUT2D eigenvalue weighted by molar-refractivity contribution is 0.0943. The van der Waals surface area contributed by atoms with Gasteiger partial charge in [-0.3, -0.25) is 14.6 Å². The van der Waals surface area contributed by atoms with E-state index in [-0.39, 0.29) is 5.91 Å². The number of rotatable bonds is 8. The fourth-order valence-corrected chi connectivity index (χ4v) is 4.41. The van der Waals surface area contributed by atoms with E-state index >= 15 is 0 Å². The zero-order valence-corrected chi connectivity index (χ0v) is 19.5. The number of carbonyl (C=O) groups is 1. The maximum atomic E-state index is 13.4. The van der Waals surface area contributed by atoms with Crippen LogP contribution in [0.2, 0.25) is 0 Å². The molecule has 0 aliphatic heterocycles. The average molecular weight is 477 g/mol. The number of para-hydroxylation sites is 1. The van der Waals surface area contributed by atoms with Crippen LogP contribution in [0.5, 0.6) is 0 Å². The summed E-state index contributed by atoms with van der Waals surface area (Å²) in [6, 6.07) is 23.9. The summed E-state index contributed by atoms with van der Waals surface area (Å²) < 4.78 is 3.63. The molecule has 0 spiro atoms. The second-order valence-electron chi connectivity index (χ2n) is 8.64. The summed E-state index contributed by atoms with van der Waals surface area (Å²) >= 11 is 0. The van der Waals surface area contributed by atoms with E-state index in [0.29, 0.717) is 31.0 Å². The van der Waals surface area contributed by atoms with Crippen LogP contribution in [0.4, 0.5) is 0 Å². The molecular weight excluding hydrogens is 452 g/mol. The zero-order chi connectivity index (χ0) is 24.3. The molecule has 0 unspecified atom stereocenters. The summed E-state index contributed by atoms with van der Waals surface area (Å²) in [5.74, 6) is -0.205. The summed E-state index contributed by atoms with van der Waals surface area (Å²) in [4.78, 5) is 13.4. The first kappa shape index (κ1) is 21.7. The largest absolute Gasteiger partial charge is 0.351 e. The van der Waals surface area contributed by atoms with Gasteiger partial charge in [-0.2, -0.15) is 10.2 Å². The second-order valence-corrected chi connectivity index (χ2v) is 8.64. The van der Waals surface area contributed by atoms with Crippen molar-refractivity contribution in [3.63, 3.8) is 0 Å². The highest BCUT2D eigenvalue weighted by molar-refractivity contribution is 5.99. The molecule has 3 heterocycles. The van der Waals surface area contributed by atoms with Gasteiger partial charge >= 0.3 is 0 Å². The molecule has 0 bridgehead atoms. The molecule has 2 N–H and O–H groups in total. The van der Waals surface area contributed by atoms with Crippen molar-refractivity contribution in [2.24, 2.45) is 0 Å². The molecule has 6 aromatic rings. The molecule has 36 heavy (non-hydrogen) atoms. The van der Waals surface area contributed by atoms with Gasteiger partial charge in [-0.05, 0) is 30.2 Å². The Hall–Kier alpha value is -4.79. The number of aromatic amines is 1. The number of amides is 1. The first-order valence-corrected chi connectivity index (χ1v) is 11.9. The first-order chi connectivity index (χ1) is 17.8. The molecule has 0 saturated carbocycles. The molecular formula is C27H24N8O. The monoisotopic (exact) mass is 476 g/mol. The van der Waals surface area contributed by atoms with E-state index in [4.69, 9.17) is 0 Å². The second kappa shape index (κ2) is 9.46. The lowest BCUT2D eigenvalue weighted by Gasteiger charge is -2.10. The molecule has 1 amide bonds. The maximum Gasteiger partial charge on any atom is 0.271 e. The van der Waals surface area contributed by atoms with Crippen LogP contribution in [0, 0.1) is 0 Å². The first-order valence-electron chi connectivity index (χ1n) is 11.9. The Bertz CT molecular complexity index is 1650. The van der Waals surface area contributed by atoms with Crippen LogP contribution in [-0.2, 0) is 13.1 Å². The Morgan fingerprint density at radius 2 is 1.78 bits per heavy atom. The molecule has 0 aliphatic carbocycles. The number of benzene rings is 3. The Morgan fingerprint density at radius 1 is 0.917 bits per heavy atom. The number of carbonyl (C=O) groups excluding carboxylic acids is 1. The summed E-state index contributed by atoms with van der Waals surface area (Å²) in [7, 11) is 0. The lowest BCUT2D eigenvalue weighted by atomic mass is 10.1. The molecule has 3 aromatic carbocycles. The van der Waals surface area contributed by atoms with Crippen LogP contribution in [0.15, 0.2) is 85.2 Å². The third-order valence-electron chi connectivity index (χ3n) is 6.22. The van der Waals surface area contributed by atoms with E-state index in [1.54, 1.807) is 10.9 Å². The van der Waals surface area contributed by atoms with Crippen molar-refractivity contribution >= 4 is 27.7 Å². The van der Waals surface area contributed by atoms with E-state index < -0.39 is 0 Å². The minimum absolute atomic E-state index is 0.205. The van der Waals surface area contributed by atoms with Crippen molar-refractivity contribution in [3.05, 3.63) is 96.4 Å². The van der Waals surface area contributed by atoms with Gasteiger partial charge in [0.15, 0.2) is 5.69 Å². The van der Waals surface area contributed by atoms with Crippen molar-refractivity contribution in [1.29, 1.82) is 0 Å². The molecule has 9 heteroatoms. The fourth-order valence-electron chi connectivity index (χ4n) is 4.41. The predicted molar refractivity (Wildman–Crippen MR) is 137 cm³/mol. The smallest absolute Gasteiger partial charge is 0.271 e. The molecule has 9 nitrogen and oxygen atoms in total. The van der Waals surface area contributed by atoms with Crippen molar-refractivity contribution in [2.75, 3.05) is 6.54 Å². The molecule has 178 valence electrons. The minimum Gasteiger partial charge on any atom is -0.351 e. The molecule has 3 aromatic heterocycles. The van der Waals surface area contributed by atoms with Crippen molar-refractivity contribution in [2.45, 2.75) is 19.5 Å². The van der Waals surface area contributed by atoms with Gasteiger partial charge in [0.05, 0.1) is 30.0 Å². The van der Waals surface area contributed by atoms with Crippen LogP contribution in [0.3, 0.4) is 0 Å². The quantitative estimate of drug-likeness (QED) is 0.323. The molecule has 6 rings (SSSR count). The maximum absolute atomic E-state index is 13.4. The van der Waals surface area contributed by atoms with Gasteiger partial charge in [0.25, 0.3) is 5.91 Å². The standard InChI is InChI=1S/C27H24N8O/c36-27(28-13-6-14-34-24-10-5-4-9-21(24)17-30-34)26-25(20-11-12-23-22(15-20)16-29-31-23)32-33-35(26)18-19-7-2-1-3-8-19/h1-5,7-12,15-17H,6,13-14,18H2,(H,28,36)(H,29,31). The van der Waals surface area contributed by atoms with E-state index in [0.717, 1.165) is 39.4 Å².